The summed E-state index contributed by atoms with van der Waals surface area (Å²) < 4.78 is 5.09. The minimum atomic E-state index is 0.146. The maximum atomic E-state index is 9.71. The molecule has 0 heterocycles. The third-order valence-corrected chi connectivity index (χ3v) is 2.57. The van der Waals surface area contributed by atoms with E-state index in [2.05, 4.69) is 11.6 Å². The number of ether oxygens (including phenoxy) is 1. The molecule has 1 N–H and O–H groups in total. The molecule has 4 nitrogen and oxygen atoms in total. The van der Waals surface area contributed by atoms with E-state index in [1.807, 2.05) is 24.9 Å². The standard InChI is InChI=1S/C14H20N2O2/c1-5-7-16(3)10-15-12-9-14(18-4)13(17)8-11(12)6-2/h5,8-10,17H,1,6-7H2,2-4H3. The fourth-order valence-electron chi connectivity index (χ4n) is 1.58. The number of methoxy groups -OCH3 is 1. The van der Waals surface area contributed by atoms with Gasteiger partial charge >= 0.3 is 0 Å². The number of benzene rings is 1. The maximum absolute atomic E-state index is 9.71. The number of hydrogen-bond acceptors (Lipinski definition) is 3. The first-order valence-corrected chi connectivity index (χ1v) is 5.87. The largest absolute Gasteiger partial charge is 0.504 e. The molecule has 0 radical (unpaired) electrons. The molecule has 0 unspecified atom stereocenters. The Labute approximate surface area is 108 Å². The van der Waals surface area contributed by atoms with E-state index < -0.39 is 0 Å². The zero-order valence-corrected chi connectivity index (χ0v) is 11.2. The molecule has 0 fully saturated rings. The molecule has 0 saturated heterocycles. The van der Waals surface area contributed by atoms with Crippen LogP contribution in [-0.2, 0) is 6.42 Å². The quantitative estimate of drug-likeness (QED) is 0.478. The van der Waals surface area contributed by atoms with Crippen molar-refractivity contribution < 1.29 is 9.84 Å². The van der Waals surface area contributed by atoms with Gasteiger partial charge in [-0.05, 0) is 18.1 Å². The SMILES string of the molecule is C=CCN(C)C=Nc1cc(OC)c(O)cc1CC. The number of phenols is 1. The summed E-state index contributed by atoms with van der Waals surface area (Å²) in [5.74, 6) is 0.582. The topological polar surface area (TPSA) is 45.1 Å². The fourth-order valence-corrected chi connectivity index (χ4v) is 1.58. The number of phenolic OH excluding ortho intramolecular Hbond substituents is 1. The third kappa shape index (κ3) is 3.52. The molecule has 0 aliphatic heterocycles. The third-order valence-electron chi connectivity index (χ3n) is 2.57. The van der Waals surface area contributed by atoms with Crippen molar-refractivity contribution in [2.75, 3.05) is 20.7 Å². The van der Waals surface area contributed by atoms with Crippen molar-refractivity contribution in [3.8, 4) is 11.5 Å². The molecule has 0 atom stereocenters. The van der Waals surface area contributed by atoms with Crippen molar-refractivity contribution in [2.24, 2.45) is 4.99 Å². The van der Waals surface area contributed by atoms with Crippen molar-refractivity contribution in [3.63, 3.8) is 0 Å². The van der Waals surface area contributed by atoms with Crippen LogP contribution in [0.15, 0.2) is 29.8 Å². The van der Waals surface area contributed by atoms with E-state index in [0.29, 0.717) is 5.75 Å². The first kappa shape index (κ1) is 14.1. The molecule has 4 heteroatoms. The van der Waals surface area contributed by atoms with Gasteiger partial charge in [-0.3, -0.25) is 0 Å². The van der Waals surface area contributed by atoms with Gasteiger partial charge in [0.1, 0.15) is 0 Å². The van der Waals surface area contributed by atoms with Crippen molar-refractivity contribution in [1.29, 1.82) is 0 Å². The Bertz CT molecular complexity index is 442. The lowest BCUT2D eigenvalue weighted by atomic mass is 10.1. The molecule has 0 aliphatic carbocycles. The highest BCUT2D eigenvalue weighted by molar-refractivity contribution is 5.66. The molecule has 98 valence electrons. The zero-order valence-electron chi connectivity index (χ0n) is 11.2. The Hall–Kier alpha value is -1.97. The van der Waals surface area contributed by atoms with Gasteiger partial charge in [0.2, 0.25) is 0 Å². The summed E-state index contributed by atoms with van der Waals surface area (Å²) in [7, 11) is 3.45. The molecular weight excluding hydrogens is 228 g/mol. The fraction of sp³-hybridized carbons (Fsp3) is 0.357. The molecule has 1 aromatic carbocycles. The predicted molar refractivity (Wildman–Crippen MR) is 75.0 cm³/mol. The van der Waals surface area contributed by atoms with E-state index in [1.54, 1.807) is 18.5 Å². The van der Waals surface area contributed by atoms with Gasteiger partial charge in [-0.25, -0.2) is 4.99 Å². The van der Waals surface area contributed by atoms with Crippen LogP contribution in [0, 0.1) is 0 Å². The van der Waals surface area contributed by atoms with E-state index in [-0.39, 0.29) is 5.75 Å². The van der Waals surface area contributed by atoms with Crippen LogP contribution in [-0.4, -0.2) is 37.0 Å². The van der Waals surface area contributed by atoms with E-state index in [1.165, 1.54) is 7.11 Å². The number of hydrogen-bond donors (Lipinski definition) is 1. The first-order valence-electron chi connectivity index (χ1n) is 5.87. The lowest BCUT2D eigenvalue weighted by molar-refractivity contribution is 0.373. The average Bonchev–Trinajstić information content (AvgIpc) is 2.37. The number of likely N-dealkylation sites (N-methyl/N-ethyl adjacent to an activating group) is 1. The van der Waals surface area contributed by atoms with Crippen LogP contribution < -0.4 is 4.74 Å². The van der Waals surface area contributed by atoms with Crippen LogP contribution in [0.3, 0.4) is 0 Å². The van der Waals surface area contributed by atoms with Crippen molar-refractivity contribution in [1.82, 2.24) is 4.90 Å². The van der Waals surface area contributed by atoms with Gasteiger partial charge in [0.15, 0.2) is 11.5 Å². The van der Waals surface area contributed by atoms with Crippen LogP contribution in [0.25, 0.3) is 0 Å². The molecule has 1 aromatic rings. The number of aliphatic imine (C=N–C) groups is 1. The minimum Gasteiger partial charge on any atom is -0.504 e. The number of aryl methyl sites for hydroxylation is 1. The normalized spacial score (nSPS) is 10.6. The lowest BCUT2D eigenvalue weighted by Crippen LogP contribution is -2.15. The highest BCUT2D eigenvalue weighted by Crippen LogP contribution is 2.34. The van der Waals surface area contributed by atoms with Crippen LogP contribution in [0.2, 0.25) is 0 Å². The smallest absolute Gasteiger partial charge is 0.162 e. The highest BCUT2D eigenvalue weighted by atomic mass is 16.5. The lowest BCUT2D eigenvalue weighted by Gasteiger charge is -2.11. The van der Waals surface area contributed by atoms with Crippen LogP contribution in [0.4, 0.5) is 5.69 Å². The average molecular weight is 248 g/mol. The Morgan fingerprint density at radius 3 is 2.78 bits per heavy atom. The second-order valence-electron chi connectivity index (χ2n) is 3.98. The monoisotopic (exact) mass is 248 g/mol. The summed E-state index contributed by atoms with van der Waals surface area (Å²) in [4.78, 5) is 6.33. The number of rotatable bonds is 6. The molecule has 0 spiro atoms. The Kier molecular flexibility index (Phi) is 5.24. The molecule has 0 amide bonds. The maximum Gasteiger partial charge on any atom is 0.162 e. The Morgan fingerprint density at radius 1 is 1.50 bits per heavy atom. The number of nitrogens with zero attached hydrogens (tertiary/aromatic N) is 2. The first-order chi connectivity index (χ1) is 8.62. The highest BCUT2D eigenvalue weighted by Gasteiger charge is 2.07. The molecule has 0 aliphatic rings. The second-order valence-corrected chi connectivity index (χ2v) is 3.98. The second kappa shape index (κ2) is 6.69. The summed E-state index contributed by atoms with van der Waals surface area (Å²) in [5.41, 5.74) is 1.79. The van der Waals surface area contributed by atoms with Gasteiger partial charge in [-0.1, -0.05) is 13.0 Å². The van der Waals surface area contributed by atoms with Crippen molar-refractivity contribution >= 4 is 12.0 Å². The summed E-state index contributed by atoms with van der Waals surface area (Å²) >= 11 is 0. The van der Waals surface area contributed by atoms with Crippen molar-refractivity contribution in [3.05, 3.63) is 30.4 Å². The number of aromatic hydroxyl groups is 1. The molecule has 0 bridgehead atoms. The van der Waals surface area contributed by atoms with E-state index >= 15 is 0 Å². The molecule has 18 heavy (non-hydrogen) atoms. The summed E-state index contributed by atoms with van der Waals surface area (Å²) in [6.07, 6.45) is 4.35. The van der Waals surface area contributed by atoms with Gasteiger partial charge in [0.25, 0.3) is 0 Å². The minimum absolute atomic E-state index is 0.146. The summed E-state index contributed by atoms with van der Waals surface area (Å²) in [6, 6.07) is 3.44. The van der Waals surface area contributed by atoms with Gasteiger partial charge < -0.3 is 14.7 Å². The summed E-state index contributed by atoms with van der Waals surface area (Å²) in [5, 5.41) is 9.71. The molecule has 1 rings (SSSR count). The van der Waals surface area contributed by atoms with Crippen molar-refractivity contribution in [2.45, 2.75) is 13.3 Å². The van der Waals surface area contributed by atoms with E-state index in [9.17, 15) is 5.11 Å². The van der Waals surface area contributed by atoms with E-state index in [0.717, 1.165) is 24.2 Å². The van der Waals surface area contributed by atoms with E-state index in [4.69, 9.17) is 4.74 Å². The van der Waals surface area contributed by atoms with Gasteiger partial charge in [-0.15, -0.1) is 6.58 Å². The summed E-state index contributed by atoms with van der Waals surface area (Å²) in [6.45, 7) is 6.43. The molecule has 0 saturated carbocycles. The Balaban J connectivity index is 3.02. The van der Waals surface area contributed by atoms with Crippen LogP contribution in [0.5, 0.6) is 11.5 Å². The van der Waals surface area contributed by atoms with Gasteiger partial charge in [-0.2, -0.15) is 0 Å². The molecule has 0 aromatic heterocycles. The zero-order chi connectivity index (χ0) is 13.5. The van der Waals surface area contributed by atoms with Crippen LogP contribution in [0.1, 0.15) is 12.5 Å². The van der Waals surface area contributed by atoms with Crippen LogP contribution >= 0.6 is 0 Å². The Morgan fingerprint density at radius 2 is 2.22 bits per heavy atom. The molecular formula is C14H20N2O2. The predicted octanol–water partition coefficient (Wildman–Crippen LogP) is 2.74. The van der Waals surface area contributed by atoms with Gasteiger partial charge in [0, 0.05) is 19.7 Å². The van der Waals surface area contributed by atoms with Gasteiger partial charge in [0.05, 0.1) is 19.1 Å².